The van der Waals surface area contributed by atoms with Gasteiger partial charge in [0.15, 0.2) is 0 Å². The van der Waals surface area contributed by atoms with E-state index in [-0.39, 0.29) is 0 Å². The van der Waals surface area contributed by atoms with Crippen LogP contribution in [-0.2, 0) is 0 Å². The summed E-state index contributed by atoms with van der Waals surface area (Å²) in [6, 6.07) is 0. The van der Waals surface area contributed by atoms with Crippen LogP contribution in [0.5, 0.6) is 0 Å². The zero-order valence-electron chi connectivity index (χ0n) is 12.9. The maximum atomic E-state index is 2.39. The van der Waals surface area contributed by atoms with Gasteiger partial charge in [0.25, 0.3) is 0 Å². The van der Waals surface area contributed by atoms with Crippen LogP contribution in [0.4, 0.5) is 0 Å². The highest BCUT2D eigenvalue weighted by molar-refractivity contribution is 4.79. The number of hydrogen-bond acceptors (Lipinski definition) is 1. The minimum absolute atomic E-state index is 0.444. The molecule has 0 aliphatic heterocycles. The Morgan fingerprint density at radius 3 is 1.75 bits per heavy atom. The Morgan fingerprint density at radius 1 is 0.938 bits per heavy atom. The zero-order chi connectivity index (χ0) is 13.0. The van der Waals surface area contributed by atoms with Crippen molar-refractivity contribution in [2.45, 2.75) is 60.8 Å². The first-order chi connectivity index (χ1) is 7.02. The van der Waals surface area contributed by atoms with E-state index in [0.29, 0.717) is 10.8 Å². The van der Waals surface area contributed by atoms with Gasteiger partial charge in [-0.3, -0.25) is 0 Å². The smallest absolute Gasteiger partial charge is 0.00247 e. The summed E-state index contributed by atoms with van der Waals surface area (Å²) < 4.78 is 0. The predicted molar refractivity (Wildman–Crippen MR) is 74.8 cm³/mol. The molecule has 1 unspecified atom stereocenters. The van der Waals surface area contributed by atoms with E-state index >= 15 is 0 Å². The van der Waals surface area contributed by atoms with E-state index in [9.17, 15) is 0 Å². The molecule has 1 heteroatoms. The summed E-state index contributed by atoms with van der Waals surface area (Å²) in [4.78, 5) is 2.29. The molecule has 0 aromatic carbocycles. The summed E-state index contributed by atoms with van der Waals surface area (Å²) in [5, 5.41) is 0. The fourth-order valence-corrected chi connectivity index (χ4v) is 2.23. The second-order valence-electron chi connectivity index (χ2n) is 7.77. The van der Waals surface area contributed by atoms with E-state index < -0.39 is 0 Å². The molecule has 1 atom stereocenters. The molecule has 0 aliphatic carbocycles. The molecule has 16 heavy (non-hydrogen) atoms. The Morgan fingerprint density at radius 2 is 1.44 bits per heavy atom. The van der Waals surface area contributed by atoms with E-state index in [4.69, 9.17) is 0 Å². The van der Waals surface area contributed by atoms with E-state index in [0.717, 1.165) is 5.92 Å². The summed E-state index contributed by atoms with van der Waals surface area (Å²) in [5.41, 5.74) is 0.898. The molecule has 0 aromatic heterocycles. The molecule has 0 saturated heterocycles. The quantitative estimate of drug-likeness (QED) is 0.672. The van der Waals surface area contributed by atoms with Crippen molar-refractivity contribution in [3.8, 4) is 0 Å². The first-order valence-corrected chi connectivity index (χ1v) is 6.67. The lowest BCUT2D eigenvalue weighted by Crippen LogP contribution is -2.26. The van der Waals surface area contributed by atoms with E-state index in [1.54, 1.807) is 0 Å². The highest BCUT2D eigenvalue weighted by Gasteiger charge is 2.28. The Hall–Kier alpha value is -0.0400. The molecule has 0 rings (SSSR count). The third-order valence-corrected chi connectivity index (χ3v) is 3.24. The van der Waals surface area contributed by atoms with Crippen LogP contribution in [0.3, 0.4) is 0 Å². The van der Waals surface area contributed by atoms with Crippen molar-refractivity contribution in [2.75, 3.05) is 20.6 Å². The standard InChI is InChI=1S/C15H33N/c1-14(2,3)12-13(15(4,5)6)10-9-11-16(7)8/h13H,9-12H2,1-8H3. The fraction of sp³-hybridized carbons (Fsp3) is 1.00. The largest absolute Gasteiger partial charge is 0.309 e. The summed E-state index contributed by atoms with van der Waals surface area (Å²) in [7, 11) is 4.33. The van der Waals surface area contributed by atoms with Gasteiger partial charge in [-0.05, 0) is 56.7 Å². The Labute approximate surface area is 104 Å². The third-order valence-electron chi connectivity index (χ3n) is 3.24. The SMILES string of the molecule is CN(C)CCCC(CC(C)(C)C)C(C)(C)C. The van der Waals surface area contributed by atoms with Crippen molar-refractivity contribution in [2.24, 2.45) is 16.7 Å². The summed E-state index contributed by atoms with van der Waals surface area (Å²) >= 11 is 0. The third kappa shape index (κ3) is 8.15. The summed E-state index contributed by atoms with van der Waals surface area (Å²) in [5.74, 6) is 0.840. The molecule has 0 amide bonds. The van der Waals surface area contributed by atoms with Gasteiger partial charge in [0.2, 0.25) is 0 Å². The number of rotatable bonds is 5. The number of nitrogens with zero attached hydrogens (tertiary/aromatic N) is 1. The average Bonchev–Trinajstić information content (AvgIpc) is 1.97. The second-order valence-corrected chi connectivity index (χ2v) is 7.77. The molecule has 1 nitrogen and oxygen atoms in total. The molecule has 0 fully saturated rings. The Balaban J connectivity index is 4.24. The van der Waals surface area contributed by atoms with Crippen LogP contribution in [0.2, 0.25) is 0 Å². The van der Waals surface area contributed by atoms with Crippen molar-refractivity contribution >= 4 is 0 Å². The maximum Gasteiger partial charge on any atom is -0.00247 e. The van der Waals surface area contributed by atoms with Gasteiger partial charge in [0, 0.05) is 0 Å². The molecule has 0 aromatic rings. The first kappa shape index (κ1) is 16.0. The van der Waals surface area contributed by atoms with Crippen LogP contribution in [0.15, 0.2) is 0 Å². The normalized spacial score (nSPS) is 15.6. The molecule has 98 valence electrons. The number of hydrogen-bond donors (Lipinski definition) is 0. The van der Waals surface area contributed by atoms with Gasteiger partial charge >= 0.3 is 0 Å². The molecule has 0 bridgehead atoms. The van der Waals surface area contributed by atoms with Gasteiger partial charge < -0.3 is 4.90 Å². The van der Waals surface area contributed by atoms with Crippen LogP contribution in [0, 0.1) is 16.7 Å². The lowest BCUT2D eigenvalue weighted by atomic mass is 9.70. The molecule has 0 spiro atoms. The fourth-order valence-electron chi connectivity index (χ4n) is 2.23. The Kier molecular flexibility index (Phi) is 6.03. The molecule has 0 heterocycles. The van der Waals surface area contributed by atoms with Crippen LogP contribution in [-0.4, -0.2) is 25.5 Å². The van der Waals surface area contributed by atoms with Crippen LogP contribution < -0.4 is 0 Å². The maximum absolute atomic E-state index is 2.39. The van der Waals surface area contributed by atoms with Gasteiger partial charge in [-0.2, -0.15) is 0 Å². The minimum atomic E-state index is 0.444. The molecule has 0 aliphatic rings. The predicted octanol–water partition coefficient (Wildman–Crippen LogP) is 4.43. The molecule has 0 saturated carbocycles. The van der Waals surface area contributed by atoms with Crippen molar-refractivity contribution in [1.82, 2.24) is 4.90 Å². The van der Waals surface area contributed by atoms with Gasteiger partial charge in [0.05, 0.1) is 0 Å². The van der Waals surface area contributed by atoms with Gasteiger partial charge in [0.1, 0.15) is 0 Å². The molecule has 0 radical (unpaired) electrons. The van der Waals surface area contributed by atoms with Crippen LogP contribution >= 0.6 is 0 Å². The van der Waals surface area contributed by atoms with Crippen LogP contribution in [0.1, 0.15) is 60.8 Å². The van der Waals surface area contributed by atoms with Gasteiger partial charge in [-0.15, -0.1) is 0 Å². The van der Waals surface area contributed by atoms with Crippen molar-refractivity contribution in [1.29, 1.82) is 0 Å². The molecular weight excluding hydrogens is 194 g/mol. The monoisotopic (exact) mass is 227 g/mol. The minimum Gasteiger partial charge on any atom is -0.309 e. The first-order valence-electron chi connectivity index (χ1n) is 6.67. The Bertz CT molecular complexity index is 181. The topological polar surface area (TPSA) is 3.24 Å². The van der Waals surface area contributed by atoms with Crippen molar-refractivity contribution in [3.63, 3.8) is 0 Å². The van der Waals surface area contributed by atoms with E-state index in [1.165, 1.54) is 25.8 Å². The zero-order valence-corrected chi connectivity index (χ0v) is 12.9. The lowest BCUT2D eigenvalue weighted by molar-refractivity contribution is 0.149. The van der Waals surface area contributed by atoms with Crippen molar-refractivity contribution in [3.05, 3.63) is 0 Å². The van der Waals surface area contributed by atoms with E-state index in [2.05, 4.69) is 60.5 Å². The second kappa shape index (κ2) is 6.05. The van der Waals surface area contributed by atoms with E-state index in [1.807, 2.05) is 0 Å². The van der Waals surface area contributed by atoms with Gasteiger partial charge in [-0.25, -0.2) is 0 Å². The summed E-state index contributed by atoms with van der Waals surface area (Å²) in [6.45, 7) is 15.5. The molecule has 0 N–H and O–H groups in total. The summed E-state index contributed by atoms with van der Waals surface area (Å²) in [6.07, 6.45) is 4.02. The van der Waals surface area contributed by atoms with Gasteiger partial charge in [-0.1, -0.05) is 41.5 Å². The highest BCUT2D eigenvalue weighted by atomic mass is 15.0. The average molecular weight is 227 g/mol. The van der Waals surface area contributed by atoms with Crippen LogP contribution in [0.25, 0.3) is 0 Å². The van der Waals surface area contributed by atoms with Crippen molar-refractivity contribution < 1.29 is 0 Å². The molecular formula is C15H33N. The highest BCUT2D eigenvalue weighted by Crippen LogP contribution is 2.38. The lowest BCUT2D eigenvalue weighted by Gasteiger charge is -2.36.